The zero-order valence-electron chi connectivity index (χ0n) is 7.14. The molecule has 0 aromatic rings. The molecule has 2 N–H and O–H groups in total. The van der Waals surface area contributed by atoms with Crippen LogP contribution in [-0.2, 0) is 0 Å². The Balaban J connectivity index is 2.05. The van der Waals surface area contributed by atoms with E-state index in [4.69, 9.17) is 0 Å². The molecule has 1 saturated carbocycles. The van der Waals surface area contributed by atoms with E-state index < -0.39 is 5.72 Å². The van der Waals surface area contributed by atoms with E-state index in [9.17, 15) is 5.11 Å². The number of aliphatic hydroxyl groups is 1. The molecular weight excluding hydrogens is 138 g/mol. The lowest BCUT2D eigenvalue weighted by atomic mass is 9.77. The quantitative estimate of drug-likeness (QED) is 0.551. The van der Waals surface area contributed by atoms with Crippen LogP contribution < -0.4 is 5.32 Å². The fraction of sp³-hybridized carbons (Fsp3) is 1.00. The highest BCUT2D eigenvalue weighted by Crippen LogP contribution is 2.35. The third-order valence-corrected chi connectivity index (χ3v) is 2.98. The molecule has 3 unspecified atom stereocenters. The lowest BCUT2D eigenvalue weighted by molar-refractivity contribution is -0.0504. The minimum absolute atomic E-state index is 0.575. The van der Waals surface area contributed by atoms with Crippen LogP contribution in [0.3, 0.4) is 0 Å². The first-order valence-electron chi connectivity index (χ1n) is 4.66. The van der Waals surface area contributed by atoms with Crippen LogP contribution >= 0.6 is 0 Å². The molecule has 2 aliphatic rings. The molecule has 1 aliphatic heterocycles. The van der Waals surface area contributed by atoms with Gasteiger partial charge in [0.1, 0.15) is 5.72 Å². The Bertz CT molecular complexity index is 142. The molecule has 0 amide bonds. The molecule has 0 spiro atoms. The largest absolute Gasteiger partial charge is 0.376 e. The fourth-order valence-corrected chi connectivity index (χ4v) is 2.67. The van der Waals surface area contributed by atoms with E-state index in [2.05, 4.69) is 5.32 Å². The van der Waals surface area contributed by atoms with Crippen LogP contribution in [0.4, 0.5) is 0 Å². The van der Waals surface area contributed by atoms with Gasteiger partial charge in [-0.1, -0.05) is 12.8 Å². The number of hydrogen-bond acceptors (Lipinski definition) is 2. The number of piperidine rings is 1. The predicted octanol–water partition coefficient (Wildman–Crippen LogP) is 1.25. The van der Waals surface area contributed by atoms with Crippen molar-refractivity contribution >= 4 is 0 Å². The molecule has 0 aromatic heterocycles. The van der Waals surface area contributed by atoms with Gasteiger partial charge in [-0.15, -0.1) is 0 Å². The van der Waals surface area contributed by atoms with Crippen LogP contribution in [0, 0.1) is 5.92 Å². The molecule has 3 atom stereocenters. The first kappa shape index (κ1) is 7.56. The average molecular weight is 155 g/mol. The lowest BCUT2D eigenvalue weighted by Gasteiger charge is -2.43. The van der Waals surface area contributed by atoms with Crippen LogP contribution in [-0.4, -0.2) is 16.9 Å². The van der Waals surface area contributed by atoms with Gasteiger partial charge in [0.15, 0.2) is 0 Å². The highest BCUT2D eigenvalue weighted by Gasteiger charge is 2.36. The second-order valence-electron chi connectivity index (χ2n) is 4.35. The Hall–Kier alpha value is -0.0800. The van der Waals surface area contributed by atoms with E-state index in [-0.39, 0.29) is 0 Å². The molecule has 0 radical (unpaired) electrons. The summed E-state index contributed by atoms with van der Waals surface area (Å²) >= 11 is 0. The molecular formula is C9H17NO. The summed E-state index contributed by atoms with van der Waals surface area (Å²) in [7, 11) is 0. The smallest absolute Gasteiger partial charge is 0.113 e. The second kappa shape index (κ2) is 2.46. The van der Waals surface area contributed by atoms with Crippen molar-refractivity contribution in [2.75, 3.05) is 0 Å². The van der Waals surface area contributed by atoms with Gasteiger partial charge in [-0.25, -0.2) is 0 Å². The van der Waals surface area contributed by atoms with E-state index in [0.29, 0.717) is 6.04 Å². The van der Waals surface area contributed by atoms with Gasteiger partial charge < -0.3 is 5.11 Å². The number of hydrogen-bond donors (Lipinski definition) is 2. The topological polar surface area (TPSA) is 32.3 Å². The first-order valence-corrected chi connectivity index (χ1v) is 4.66. The predicted molar refractivity (Wildman–Crippen MR) is 44.1 cm³/mol. The standard InChI is InChI=1S/C9H17NO/c1-9(11)6-7-3-2-4-8(5-7)10-9/h7-8,10-11H,2-6H2,1H3. The molecule has 2 rings (SSSR count). The molecule has 1 heterocycles. The lowest BCUT2D eigenvalue weighted by Crippen LogP contribution is -2.55. The van der Waals surface area contributed by atoms with Crippen LogP contribution in [0.25, 0.3) is 0 Å². The monoisotopic (exact) mass is 155 g/mol. The van der Waals surface area contributed by atoms with Gasteiger partial charge in [-0.05, 0) is 32.1 Å². The molecule has 11 heavy (non-hydrogen) atoms. The highest BCUT2D eigenvalue weighted by atomic mass is 16.3. The van der Waals surface area contributed by atoms with Crippen molar-refractivity contribution in [2.24, 2.45) is 5.92 Å². The molecule has 2 nitrogen and oxygen atoms in total. The molecule has 0 aromatic carbocycles. The van der Waals surface area contributed by atoms with Crippen molar-refractivity contribution in [2.45, 2.75) is 50.8 Å². The van der Waals surface area contributed by atoms with E-state index >= 15 is 0 Å². The normalized spacial score (nSPS) is 50.7. The van der Waals surface area contributed by atoms with Gasteiger partial charge in [0.25, 0.3) is 0 Å². The van der Waals surface area contributed by atoms with E-state index in [1.54, 1.807) is 0 Å². The van der Waals surface area contributed by atoms with Gasteiger partial charge in [-0.3, -0.25) is 5.32 Å². The molecule has 64 valence electrons. The van der Waals surface area contributed by atoms with Crippen molar-refractivity contribution < 1.29 is 5.11 Å². The summed E-state index contributed by atoms with van der Waals surface area (Å²) in [5, 5.41) is 13.0. The van der Waals surface area contributed by atoms with Crippen LogP contribution in [0.1, 0.15) is 39.0 Å². The number of rotatable bonds is 0. The minimum Gasteiger partial charge on any atom is -0.376 e. The van der Waals surface area contributed by atoms with Crippen molar-refractivity contribution in [3.8, 4) is 0 Å². The summed E-state index contributed by atoms with van der Waals surface area (Å²) in [6.45, 7) is 1.90. The summed E-state index contributed by atoms with van der Waals surface area (Å²) < 4.78 is 0. The summed E-state index contributed by atoms with van der Waals surface area (Å²) in [4.78, 5) is 0. The summed E-state index contributed by atoms with van der Waals surface area (Å²) in [5.74, 6) is 0.782. The van der Waals surface area contributed by atoms with Crippen molar-refractivity contribution in [1.82, 2.24) is 5.32 Å². The summed E-state index contributed by atoms with van der Waals surface area (Å²) in [6, 6.07) is 0.595. The number of fused-ring (bicyclic) bond motifs is 2. The fourth-order valence-electron chi connectivity index (χ4n) is 2.67. The zero-order valence-corrected chi connectivity index (χ0v) is 7.14. The van der Waals surface area contributed by atoms with Crippen molar-refractivity contribution in [3.63, 3.8) is 0 Å². The first-order chi connectivity index (χ1) is 5.16. The van der Waals surface area contributed by atoms with Crippen molar-refractivity contribution in [3.05, 3.63) is 0 Å². The molecule has 1 aliphatic carbocycles. The maximum absolute atomic E-state index is 9.77. The number of nitrogens with one attached hydrogen (secondary N) is 1. The minimum atomic E-state index is -0.575. The Morgan fingerprint density at radius 3 is 3.00 bits per heavy atom. The molecule has 1 saturated heterocycles. The van der Waals surface area contributed by atoms with Gasteiger partial charge >= 0.3 is 0 Å². The maximum Gasteiger partial charge on any atom is 0.113 e. The van der Waals surface area contributed by atoms with E-state index in [0.717, 1.165) is 12.3 Å². The zero-order chi connectivity index (χ0) is 7.90. The van der Waals surface area contributed by atoms with E-state index in [1.807, 2.05) is 6.92 Å². The summed E-state index contributed by atoms with van der Waals surface area (Å²) in [6.07, 6.45) is 6.17. The maximum atomic E-state index is 9.77. The second-order valence-corrected chi connectivity index (χ2v) is 4.35. The highest BCUT2D eigenvalue weighted by molar-refractivity contribution is 4.90. The Morgan fingerprint density at radius 1 is 1.45 bits per heavy atom. The van der Waals surface area contributed by atoms with Crippen LogP contribution in [0.5, 0.6) is 0 Å². The Labute approximate surface area is 68.0 Å². The van der Waals surface area contributed by atoms with Gasteiger partial charge in [-0.2, -0.15) is 0 Å². The molecule has 2 fully saturated rings. The Kier molecular flexibility index (Phi) is 1.69. The third kappa shape index (κ3) is 1.57. The van der Waals surface area contributed by atoms with Gasteiger partial charge in [0.05, 0.1) is 0 Å². The molecule has 2 bridgehead atoms. The molecule has 2 heteroatoms. The van der Waals surface area contributed by atoms with E-state index in [1.165, 1.54) is 25.7 Å². The van der Waals surface area contributed by atoms with Gasteiger partial charge in [0.2, 0.25) is 0 Å². The van der Waals surface area contributed by atoms with Crippen molar-refractivity contribution in [1.29, 1.82) is 0 Å². The van der Waals surface area contributed by atoms with Crippen LogP contribution in [0.15, 0.2) is 0 Å². The third-order valence-electron chi connectivity index (χ3n) is 2.98. The summed E-state index contributed by atoms with van der Waals surface area (Å²) in [5.41, 5.74) is -0.575. The SMILES string of the molecule is CC1(O)CC2CCCC(C2)N1. The average Bonchev–Trinajstić information content (AvgIpc) is 1.82. The van der Waals surface area contributed by atoms with Crippen LogP contribution in [0.2, 0.25) is 0 Å². The Morgan fingerprint density at radius 2 is 2.27 bits per heavy atom. The van der Waals surface area contributed by atoms with Gasteiger partial charge in [0, 0.05) is 6.04 Å².